The summed E-state index contributed by atoms with van der Waals surface area (Å²) in [6, 6.07) is 0. The standard InChI is InChI=1S/C10H20N2O6S2/c1-3-5-9-19(13,14)17-11-7-8-12-18-20(15,16)10-6-4-2/h7-8H,3-6,9-10H2,1-2H3. The lowest BCUT2D eigenvalue weighted by Gasteiger charge is -1.99. The molecule has 0 N–H and O–H groups in total. The molecule has 8 nitrogen and oxygen atoms in total. The first-order valence-electron chi connectivity index (χ1n) is 6.21. The zero-order chi connectivity index (χ0) is 15.5. The van der Waals surface area contributed by atoms with Crippen LogP contribution in [0.5, 0.6) is 0 Å². The van der Waals surface area contributed by atoms with Crippen LogP contribution in [-0.4, -0.2) is 40.8 Å². The van der Waals surface area contributed by atoms with Gasteiger partial charge in [-0.3, -0.25) is 8.57 Å². The molecule has 0 fully saturated rings. The van der Waals surface area contributed by atoms with Crippen molar-refractivity contribution in [2.75, 3.05) is 11.5 Å². The molecule has 0 saturated heterocycles. The first-order valence-corrected chi connectivity index (χ1v) is 9.36. The molecular formula is C10H20N2O6S2. The summed E-state index contributed by atoms with van der Waals surface area (Å²) >= 11 is 0. The van der Waals surface area contributed by atoms with Crippen LogP contribution in [0.1, 0.15) is 39.5 Å². The van der Waals surface area contributed by atoms with Gasteiger partial charge in [-0.25, -0.2) is 0 Å². The third kappa shape index (κ3) is 10.7. The van der Waals surface area contributed by atoms with Crippen molar-refractivity contribution in [2.24, 2.45) is 10.3 Å². The van der Waals surface area contributed by atoms with Crippen molar-refractivity contribution in [3.05, 3.63) is 0 Å². The van der Waals surface area contributed by atoms with Crippen LogP contribution in [0.2, 0.25) is 0 Å². The lowest BCUT2D eigenvalue weighted by atomic mass is 10.4. The Kier molecular flexibility index (Phi) is 9.14. The number of unbranched alkanes of at least 4 members (excludes halogenated alkanes) is 2. The van der Waals surface area contributed by atoms with Gasteiger partial charge in [-0.15, -0.1) is 0 Å². The lowest BCUT2D eigenvalue weighted by Crippen LogP contribution is -2.08. The molecule has 0 heterocycles. The molecule has 0 aromatic rings. The molecule has 0 rings (SSSR count). The molecule has 0 spiro atoms. The first kappa shape index (κ1) is 18.8. The smallest absolute Gasteiger partial charge is 0.268 e. The molecule has 0 aliphatic heterocycles. The normalized spacial score (nSPS) is 13.1. The van der Waals surface area contributed by atoms with E-state index in [4.69, 9.17) is 0 Å². The molecular weight excluding hydrogens is 308 g/mol. The van der Waals surface area contributed by atoms with E-state index in [9.17, 15) is 16.8 Å². The van der Waals surface area contributed by atoms with Crippen molar-refractivity contribution in [3.63, 3.8) is 0 Å². The van der Waals surface area contributed by atoms with Crippen molar-refractivity contribution < 1.29 is 25.4 Å². The van der Waals surface area contributed by atoms with E-state index in [-0.39, 0.29) is 11.5 Å². The summed E-state index contributed by atoms with van der Waals surface area (Å²) < 4.78 is 53.3. The van der Waals surface area contributed by atoms with Gasteiger partial charge >= 0.3 is 20.2 Å². The molecule has 0 unspecified atom stereocenters. The predicted octanol–water partition coefficient (Wildman–Crippen LogP) is 1.25. The van der Waals surface area contributed by atoms with Crippen molar-refractivity contribution in [1.29, 1.82) is 0 Å². The molecule has 0 amide bonds. The van der Waals surface area contributed by atoms with Gasteiger partial charge in [-0.05, 0) is 12.8 Å². The fraction of sp³-hybridized carbons (Fsp3) is 0.800. The highest BCUT2D eigenvalue weighted by Gasteiger charge is 2.10. The summed E-state index contributed by atoms with van der Waals surface area (Å²) in [6.07, 6.45) is 4.17. The van der Waals surface area contributed by atoms with Gasteiger partial charge in [0.05, 0.1) is 23.9 Å². The third-order valence-electron chi connectivity index (χ3n) is 2.00. The summed E-state index contributed by atoms with van der Waals surface area (Å²) in [5.74, 6) is -0.250. The number of rotatable bonds is 11. The van der Waals surface area contributed by atoms with Crippen LogP contribution in [0, 0.1) is 0 Å². The fourth-order valence-electron chi connectivity index (χ4n) is 0.952. The highest BCUT2D eigenvalue weighted by molar-refractivity contribution is 7.86. The zero-order valence-electron chi connectivity index (χ0n) is 11.6. The van der Waals surface area contributed by atoms with E-state index < -0.39 is 20.2 Å². The summed E-state index contributed by atoms with van der Waals surface area (Å²) in [4.78, 5) is 0. The van der Waals surface area contributed by atoms with E-state index in [0.717, 1.165) is 25.3 Å². The number of hydrogen-bond acceptors (Lipinski definition) is 8. The molecule has 0 aliphatic rings. The Morgan fingerprint density at radius 3 is 1.45 bits per heavy atom. The van der Waals surface area contributed by atoms with Crippen LogP contribution in [0.3, 0.4) is 0 Å². The largest absolute Gasteiger partial charge is 0.328 e. The third-order valence-corrected chi connectivity index (χ3v) is 4.20. The quantitative estimate of drug-likeness (QED) is 0.417. The molecule has 0 bridgehead atoms. The minimum Gasteiger partial charge on any atom is -0.268 e. The number of nitrogens with zero attached hydrogens (tertiary/aromatic N) is 2. The summed E-state index contributed by atoms with van der Waals surface area (Å²) in [6.45, 7) is 3.70. The van der Waals surface area contributed by atoms with Gasteiger partial charge in [-0.1, -0.05) is 37.0 Å². The molecule has 0 radical (unpaired) electrons. The summed E-state index contributed by atoms with van der Waals surface area (Å²) in [5, 5.41) is 6.28. The SMILES string of the molecule is CCCCS(=O)(=O)ON=CC=NOS(=O)(=O)CCCC. The molecule has 0 aromatic heterocycles. The Morgan fingerprint density at radius 1 is 0.800 bits per heavy atom. The molecule has 118 valence electrons. The van der Waals surface area contributed by atoms with Gasteiger partial charge in [0, 0.05) is 0 Å². The second kappa shape index (κ2) is 9.70. The minimum absolute atomic E-state index is 0.125. The van der Waals surface area contributed by atoms with E-state index in [1.54, 1.807) is 0 Å². The van der Waals surface area contributed by atoms with Crippen LogP contribution in [0.25, 0.3) is 0 Å². The van der Waals surface area contributed by atoms with E-state index >= 15 is 0 Å². The van der Waals surface area contributed by atoms with Gasteiger partial charge in [-0.2, -0.15) is 16.8 Å². The van der Waals surface area contributed by atoms with Crippen LogP contribution in [0.4, 0.5) is 0 Å². The predicted molar refractivity (Wildman–Crippen MR) is 76.5 cm³/mol. The average molecular weight is 328 g/mol. The van der Waals surface area contributed by atoms with Crippen molar-refractivity contribution in [1.82, 2.24) is 0 Å². The first-order chi connectivity index (χ1) is 9.33. The average Bonchev–Trinajstić information content (AvgIpc) is 2.38. The monoisotopic (exact) mass is 328 g/mol. The Hall–Kier alpha value is -1.16. The highest BCUT2D eigenvalue weighted by atomic mass is 32.2. The second-order valence-corrected chi connectivity index (χ2v) is 7.23. The molecule has 0 saturated carbocycles. The molecule has 20 heavy (non-hydrogen) atoms. The maximum Gasteiger partial charge on any atom is 0.328 e. The minimum atomic E-state index is -3.69. The second-order valence-electron chi connectivity index (χ2n) is 3.89. The Labute approximate surface area is 120 Å². The Morgan fingerprint density at radius 2 is 1.15 bits per heavy atom. The Bertz CT molecular complexity index is 462. The molecule has 0 aromatic carbocycles. The van der Waals surface area contributed by atoms with E-state index in [0.29, 0.717) is 12.8 Å². The van der Waals surface area contributed by atoms with Gasteiger partial charge in [0.2, 0.25) is 0 Å². The number of oxime groups is 2. The fourth-order valence-corrected chi connectivity index (χ4v) is 2.75. The molecule has 10 heteroatoms. The van der Waals surface area contributed by atoms with Crippen LogP contribution >= 0.6 is 0 Å². The summed E-state index contributed by atoms with van der Waals surface area (Å²) in [7, 11) is -7.38. The lowest BCUT2D eigenvalue weighted by molar-refractivity contribution is 0.336. The van der Waals surface area contributed by atoms with Crippen LogP contribution in [-0.2, 0) is 28.8 Å². The maximum atomic E-state index is 11.2. The summed E-state index contributed by atoms with van der Waals surface area (Å²) in [5.41, 5.74) is 0. The van der Waals surface area contributed by atoms with E-state index in [1.807, 2.05) is 13.8 Å². The Balaban J connectivity index is 4.10. The van der Waals surface area contributed by atoms with Crippen molar-refractivity contribution in [3.8, 4) is 0 Å². The van der Waals surface area contributed by atoms with Gasteiger partial charge in [0.25, 0.3) is 0 Å². The maximum absolute atomic E-state index is 11.2. The van der Waals surface area contributed by atoms with E-state index in [2.05, 4.69) is 18.9 Å². The molecule has 0 atom stereocenters. The van der Waals surface area contributed by atoms with Gasteiger partial charge in [0.1, 0.15) is 0 Å². The molecule has 0 aliphatic carbocycles. The topological polar surface area (TPSA) is 111 Å². The van der Waals surface area contributed by atoms with Gasteiger partial charge < -0.3 is 0 Å². The van der Waals surface area contributed by atoms with E-state index in [1.165, 1.54) is 0 Å². The highest BCUT2D eigenvalue weighted by Crippen LogP contribution is 2.00. The van der Waals surface area contributed by atoms with Crippen LogP contribution < -0.4 is 0 Å². The van der Waals surface area contributed by atoms with Crippen molar-refractivity contribution >= 4 is 32.7 Å². The van der Waals surface area contributed by atoms with Gasteiger partial charge in [0.15, 0.2) is 0 Å². The zero-order valence-corrected chi connectivity index (χ0v) is 13.2. The van der Waals surface area contributed by atoms with Crippen LogP contribution in [0.15, 0.2) is 10.3 Å². The number of hydrogen-bond donors (Lipinski definition) is 0. The van der Waals surface area contributed by atoms with Crippen molar-refractivity contribution in [2.45, 2.75) is 39.5 Å².